The molecular weight excluding hydrogens is 584 g/mol. The Morgan fingerprint density at radius 3 is 2.60 bits per heavy atom. The van der Waals surface area contributed by atoms with Gasteiger partial charge in [-0.15, -0.1) is 0 Å². The highest BCUT2D eigenvalue weighted by molar-refractivity contribution is 7.90. The van der Waals surface area contributed by atoms with E-state index >= 15 is 0 Å². The minimum Gasteiger partial charge on any atom is -0.487 e. The predicted molar refractivity (Wildman–Crippen MR) is 171 cm³/mol. The van der Waals surface area contributed by atoms with Crippen LogP contribution in [0.1, 0.15) is 80.8 Å². The summed E-state index contributed by atoms with van der Waals surface area (Å²) in [5.41, 5.74) is 3.24. The Bertz CT molecular complexity index is 1490. The van der Waals surface area contributed by atoms with E-state index in [0.717, 1.165) is 55.5 Å². The molecule has 3 aliphatic rings. The maximum absolute atomic E-state index is 13.6. The lowest BCUT2D eigenvalue weighted by Gasteiger charge is -2.41. The SMILES string of the molecule is C/C=C/[C@@H]1CC(=O)[C@@H]2CC[C@H]2CN2CCCCc3cc(Cl)ccc3COc3ccc(cc32)C(=O)NS(=O)(=O)[C@H](C)[C@@H](C)C1. The molecule has 1 fully saturated rings. The monoisotopic (exact) mass is 626 g/mol. The molecule has 9 heteroatoms. The quantitative estimate of drug-likeness (QED) is 0.353. The number of aryl methyl sites for hydroxylation is 1. The maximum Gasteiger partial charge on any atom is 0.264 e. The number of fused-ring (bicyclic) bond motifs is 3. The number of ether oxygens (including phenoxy) is 1. The third-order valence-electron chi connectivity index (χ3n) is 9.65. The topological polar surface area (TPSA) is 92.8 Å². The Kier molecular flexibility index (Phi) is 9.86. The average molecular weight is 627 g/mol. The number of hydrogen-bond acceptors (Lipinski definition) is 6. The summed E-state index contributed by atoms with van der Waals surface area (Å²) in [4.78, 5) is 29.3. The molecule has 2 bridgehead atoms. The highest BCUT2D eigenvalue weighted by Gasteiger charge is 2.39. The average Bonchev–Trinajstić information content (AvgIpc) is 2.97. The van der Waals surface area contributed by atoms with Crippen molar-refractivity contribution in [3.05, 3.63) is 70.3 Å². The molecule has 5 rings (SSSR count). The van der Waals surface area contributed by atoms with Gasteiger partial charge in [-0.2, -0.15) is 0 Å². The van der Waals surface area contributed by atoms with Gasteiger partial charge in [0.1, 0.15) is 18.1 Å². The van der Waals surface area contributed by atoms with Gasteiger partial charge in [0.15, 0.2) is 0 Å². The molecule has 0 unspecified atom stereocenters. The first kappa shape index (κ1) is 31.6. The minimum atomic E-state index is -3.96. The van der Waals surface area contributed by atoms with Crippen molar-refractivity contribution in [1.29, 1.82) is 0 Å². The molecule has 2 aromatic carbocycles. The molecule has 1 aliphatic carbocycles. The fourth-order valence-electron chi connectivity index (χ4n) is 6.74. The summed E-state index contributed by atoms with van der Waals surface area (Å²) < 4.78 is 35.4. The zero-order chi connectivity index (χ0) is 30.7. The summed E-state index contributed by atoms with van der Waals surface area (Å²) in [7, 11) is -3.96. The van der Waals surface area contributed by atoms with Crippen molar-refractivity contribution in [1.82, 2.24) is 4.72 Å². The summed E-state index contributed by atoms with van der Waals surface area (Å²) >= 11 is 6.31. The second-order valence-electron chi connectivity index (χ2n) is 12.6. The third kappa shape index (κ3) is 7.28. The second kappa shape index (κ2) is 13.4. The number of hydrogen-bond donors (Lipinski definition) is 1. The van der Waals surface area contributed by atoms with Crippen LogP contribution in [0.2, 0.25) is 5.02 Å². The van der Waals surface area contributed by atoms with Crippen LogP contribution < -0.4 is 14.4 Å². The van der Waals surface area contributed by atoms with Crippen molar-refractivity contribution in [2.24, 2.45) is 23.7 Å². The van der Waals surface area contributed by atoms with Crippen LogP contribution in [0.15, 0.2) is 48.6 Å². The molecule has 1 amide bonds. The molecule has 0 aromatic heterocycles. The summed E-state index contributed by atoms with van der Waals surface area (Å²) in [6.45, 7) is 7.19. The van der Waals surface area contributed by atoms with Gasteiger partial charge < -0.3 is 9.64 Å². The Labute approximate surface area is 261 Å². The molecule has 1 N–H and O–H groups in total. The van der Waals surface area contributed by atoms with Crippen molar-refractivity contribution in [3.63, 3.8) is 0 Å². The molecule has 0 radical (unpaired) electrons. The molecule has 2 heterocycles. The van der Waals surface area contributed by atoms with Gasteiger partial charge in [0.2, 0.25) is 10.0 Å². The van der Waals surface area contributed by atoms with E-state index in [-0.39, 0.29) is 35.0 Å². The predicted octanol–water partition coefficient (Wildman–Crippen LogP) is 6.73. The van der Waals surface area contributed by atoms with E-state index in [1.165, 1.54) is 0 Å². The molecule has 43 heavy (non-hydrogen) atoms. The maximum atomic E-state index is 13.6. The number of rotatable bonds is 1. The summed E-state index contributed by atoms with van der Waals surface area (Å²) in [6.07, 6.45) is 9.51. The van der Waals surface area contributed by atoms with Gasteiger partial charge in [-0.3, -0.25) is 9.59 Å². The van der Waals surface area contributed by atoms with Gasteiger partial charge in [0.25, 0.3) is 5.91 Å². The van der Waals surface area contributed by atoms with Crippen LogP contribution in [0.3, 0.4) is 0 Å². The second-order valence-corrected chi connectivity index (χ2v) is 15.1. The van der Waals surface area contributed by atoms with Gasteiger partial charge in [-0.05, 0) is 112 Å². The van der Waals surface area contributed by atoms with Crippen molar-refractivity contribution in [3.8, 4) is 5.75 Å². The lowest BCUT2D eigenvalue weighted by molar-refractivity contribution is -0.128. The standard InChI is InChI=1S/C34H43ClN2O5S/c1-4-7-24-16-22(2)23(3)43(40,41)36-34(39)26-11-14-33-31(19-26)37(20-27-10-13-30(27)32(38)17-24)15-6-5-8-25-18-29(35)12-9-28(25)21-42-33/h4,7,9,11-12,14,18-19,22-24,27,30H,5-6,8,10,13,15-17,20-21H2,1-3H3,(H,36,39)/b7-4+/t22-,23+,24-,27-,30+/m0/s1. The molecule has 5 atom stereocenters. The smallest absolute Gasteiger partial charge is 0.264 e. The van der Waals surface area contributed by atoms with Crippen molar-refractivity contribution < 1.29 is 22.7 Å². The number of nitrogens with one attached hydrogen (secondary N) is 1. The lowest BCUT2D eigenvalue weighted by atomic mass is 9.69. The van der Waals surface area contributed by atoms with Crippen molar-refractivity contribution in [2.75, 3.05) is 18.0 Å². The van der Waals surface area contributed by atoms with Crippen LogP contribution in [-0.2, 0) is 27.8 Å². The third-order valence-corrected chi connectivity index (χ3v) is 11.8. The normalized spacial score (nSPS) is 28.5. The first-order valence-electron chi connectivity index (χ1n) is 15.6. The van der Waals surface area contributed by atoms with Gasteiger partial charge in [0, 0.05) is 36.0 Å². The van der Waals surface area contributed by atoms with E-state index in [1.54, 1.807) is 25.1 Å². The Morgan fingerprint density at radius 2 is 1.86 bits per heavy atom. The summed E-state index contributed by atoms with van der Waals surface area (Å²) in [5, 5.41) is -0.108. The zero-order valence-electron chi connectivity index (χ0n) is 25.4. The van der Waals surface area contributed by atoms with E-state index in [9.17, 15) is 18.0 Å². The van der Waals surface area contributed by atoms with Gasteiger partial charge in [0.05, 0.1) is 10.9 Å². The fraction of sp³-hybridized carbons (Fsp3) is 0.529. The number of Topliss-reactive ketones (excluding diaryl/α,β-unsaturated/α-hetero) is 1. The highest BCUT2D eigenvalue weighted by Crippen LogP contribution is 2.41. The van der Waals surface area contributed by atoms with Crippen LogP contribution in [-0.4, -0.2) is 38.4 Å². The zero-order valence-corrected chi connectivity index (χ0v) is 26.9. The molecule has 1 saturated carbocycles. The number of nitrogens with zero attached hydrogens (tertiary/aromatic N) is 1. The van der Waals surface area contributed by atoms with Crippen molar-refractivity contribution >= 4 is 39.0 Å². The molecule has 2 aliphatic heterocycles. The minimum absolute atomic E-state index is 0.0162. The lowest BCUT2D eigenvalue weighted by Crippen LogP contribution is -2.43. The number of amides is 1. The highest BCUT2D eigenvalue weighted by atomic mass is 35.5. The van der Waals surface area contributed by atoms with Gasteiger partial charge in [-0.1, -0.05) is 36.7 Å². The Morgan fingerprint density at radius 1 is 1.05 bits per heavy atom. The van der Waals surface area contributed by atoms with Crippen LogP contribution in [0, 0.1) is 23.7 Å². The van der Waals surface area contributed by atoms with Crippen LogP contribution in [0.25, 0.3) is 0 Å². The number of anilines is 1. The van der Waals surface area contributed by atoms with Crippen LogP contribution >= 0.6 is 11.6 Å². The Balaban J connectivity index is 1.54. The number of carbonyl (C=O) groups excluding carboxylic acids is 2. The van der Waals surface area contributed by atoms with Gasteiger partial charge >= 0.3 is 0 Å². The van der Waals surface area contributed by atoms with E-state index in [4.69, 9.17) is 16.3 Å². The first-order chi connectivity index (χ1) is 20.6. The Hall–Kier alpha value is -2.84. The van der Waals surface area contributed by atoms with Gasteiger partial charge in [-0.25, -0.2) is 13.1 Å². The van der Waals surface area contributed by atoms with E-state index in [0.29, 0.717) is 36.8 Å². The molecule has 232 valence electrons. The first-order valence-corrected chi connectivity index (χ1v) is 17.5. The number of ketones is 1. The largest absolute Gasteiger partial charge is 0.487 e. The van der Waals surface area contributed by atoms with Crippen LogP contribution in [0.4, 0.5) is 5.69 Å². The molecule has 2 aromatic rings. The number of sulfonamides is 1. The fourth-order valence-corrected chi connectivity index (χ4v) is 8.22. The van der Waals surface area contributed by atoms with Crippen molar-refractivity contribution in [2.45, 2.75) is 77.6 Å². The molecule has 0 spiro atoms. The van der Waals surface area contributed by atoms with E-state index in [2.05, 4.69) is 9.62 Å². The molecule has 7 nitrogen and oxygen atoms in total. The summed E-state index contributed by atoms with van der Waals surface area (Å²) in [6, 6.07) is 11.0. The summed E-state index contributed by atoms with van der Waals surface area (Å²) in [5.74, 6) is 0.143. The number of benzene rings is 2. The van der Waals surface area contributed by atoms with E-state index < -0.39 is 21.2 Å². The number of carbonyl (C=O) groups is 2. The number of halogens is 1. The molecular formula is C34H43ClN2O5S. The van der Waals surface area contributed by atoms with E-state index in [1.807, 2.05) is 44.2 Å². The molecule has 0 saturated heterocycles. The number of allylic oxidation sites excluding steroid dienone is 2. The van der Waals surface area contributed by atoms with Crippen LogP contribution in [0.5, 0.6) is 5.75 Å².